The number of aromatic nitrogens is 1. The molecule has 5 rings (SSSR count). The van der Waals surface area contributed by atoms with Crippen molar-refractivity contribution >= 4 is 74.6 Å². The SMILES string of the molecule is Cc1ccc(-c2nc3cc(Cl)cc(Cl)c3o2)cc1NC(=S)NC(=O)c1cc([N+](=O)[O-])ccc1N1CCOCC1. The van der Waals surface area contributed by atoms with Crippen LogP contribution in [0.3, 0.4) is 0 Å². The number of ether oxygens (including phenoxy) is 1. The van der Waals surface area contributed by atoms with E-state index in [0.717, 1.165) is 5.56 Å². The van der Waals surface area contributed by atoms with Gasteiger partial charge in [0.25, 0.3) is 11.6 Å². The molecular formula is C26H21Cl2N5O5S. The Kier molecular flexibility index (Phi) is 7.67. The van der Waals surface area contributed by atoms with Crippen LogP contribution in [0, 0.1) is 17.0 Å². The van der Waals surface area contributed by atoms with Gasteiger partial charge in [-0.15, -0.1) is 0 Å². The summed E-state index contributed by atoms with van der Waals surface area (Å²) in [6.45, 7) is 3.97. The van der Waals surface area contributed by atoms with Gasteiger partial charge in [0.05, 0.1) is 34.4 Å². The Labute approximate surface area is 238 Å². The number of hydrogen-bond acceptors (Lipinski definition) is 8. The lowest BCUT2D eigenvalue weighted by Gasteiger charge is -2.30. The number of aryl methyl sites for hydroxylation is 1. The number of rotatable bonds is 5. The highest BCUT2D eigenvalue weighted by Crippen LogP contribution is 2.33. The van der Waals surface area contributed by atoms with Gasteiger partial charge in [0.1, 0.15) is 5.52 Å². The van der Waals surface area contributed by atoms with Gasteiger partial charge in [-0.2, -0.15) is 0 Å². The number of nitro benzene ring substituents is 1. The lowest BCUT2D eigenvalue weighted by Crippen LogP contribution is -2.39. The zero-order chi connectivity index (χ0) is 27.7. The maximum absolute atomic E-state index is 13.2. The van der Waals surface area contributed by atoms with Crippen LogP contribution in [0.15, 0.2) is 52.9 Å². The molecule has 0 aliphatic carbocycles. The van der Waals surface area contributed by atoms with Crippen LogP contribution < -0.4 is 15.5 Å². The number of amides is 1. The third-order valence-corrected chi connectivity index (χ3v) is 6.86. The zero-order valence-electron chi connectivity index (χ0n) is 20.5. The molecule has 1 amide bonds. The zero-order valence-corrected chi connectivity index (χ0v) is 22.8. The van der Waals surface area contributed by atoms with Gasteiger partial charge in [0.2, 0.25) is 5.89 Å². The van der Waals surface area contributed by atoms with E-state index in [2.05, 4.69) is 15.6 Å². The van der Waals surface area contributed by atoms with E-state index in [1.165, 1.54) is 12.1 Å². The van der Waals surface area contributed by atoms with Crippen molar-refractivity contribution in [2.24, 2.45) is 0 Å². The number of anilines is 2. The van der Waals surface area contributed by atoms with E-state index < -0.39 is 10.8 Å². The van der Waals surface area contributed by atoms with Gasteiger partial charge < -0.3 is 19.4 Å². The predicted octanol–water partition coefficient (Wildman–Crippen LogP) is 5.98. The van der Waals surface area contributed by atoms with Crippen molar-refractivity contribution in [1.29, 1.82) is 0 Å². The van der Waals surface area contributed by atoms with Crippen LogP contribution in [0.1, 0.15) is 15.9 Å². The van der Waals surface area contributed by atoms with Crippen LogP contribution in [0.2, 0.25) is 10.0 Å². The number of benzene rings is 3. The van der Waals surface area contributed by atoms with Crippen molar-refractivity contribution in [3.63, 3.8) is 0 Å². The molecule has 2 N–H and O–H groups in total. The van der Waals surface area contributed by atoms with E-state index >= 15 is 0 Å². The molecule has 0 bridgehead atoms. The summed E-state index contributed by atoms with van der Waals surface area (Å²) in [6.07, 6.45) is 0. The molecule has 0 atom stereocenters. The van der Waals surface area contributed by atoms with Crippen molar-refractivity contribution in [3.8, 4) is 11.5 Å². The first-order chi connectivity index (χ1) is 18.7. The fourth-order valence-corrected chi connectivity index (χ4v) is 4.92. The van der Waals surface area contributed by atoms with E-state index in [1.807, 2.05) is 24.0 Å². The molecule has 39 heavy (non-hydrogen) atoms. The average Bonchev–Trinajstić information content (AvgIpc) is 3.34. The highest BCUT2D eigenvalue weighted by atomic mass is 35.5. The number of carbonyl (C=O) groups excluding carboxylic acids is 1. The lowest BCUT2D eigenvalue weighted by molar-refractivity contribution is -0.384. The maximum atomic E-state index is 13.2. The van der Waals surface area contributed by atoms with Gasteiger partial charge in [-0.25, -0.2) is 4.98 Å². The minimum absolute atomic E-state index is 0.0204. The number of nitrogens with one attached hydrogen (secondary N) is 2. The first-order valence-corrected chi connectivity index (χ1v) is 13.0. The number of oxazole rings is 1. The topological polar surface area (TPSA) is 123 Å². The standard InChI is InChI=1S/C26H21Cl2N5O5S/c1-14-2-3-15(25-29-21-12-16(27)11-19(28)23(21)38-25)10-20(14)30-26(39)31-24(34)18-13-17(33(35)36)4-5-22(18)32-6-8-37-9-7-32/h2-5,10-13H,6-9H2,1H3,(H2,30,31,34,39). The van der Waals surface area contributed by atoms with Crippen LogP contribution in [-0.4, -0.2) is 47.2 Å². The average molecular weight is 586 g/mol. The second kappa shape index (κ2) is 11.1. The number of non-ortho nitro benzene ring substituents is 1. The summed E-state index contributed by atoms with van der Waals surface area (Å²) in [7, 11) is 0. The number of nitrogens with zero attached hydrogens (tertiary/aromatic N) is 3. The first kappa shape index (κ1) is 26.8. The molecule has 13 heteroatoms. The van der Waals surface area contributed by atoms with Crippen molar-refractivity contribution in [2.45, 2.75) is 6.92 Å². The third kappa shape index (κ3) is 5.81. The second-order valence-corrected chi connectivity index (χ2v) is 10.0. The van der Waals surface area contributed by atoms with Crippen LogP contribution in [0.25, 0.3) is 22.6 Å². The van der Waals surface area contributed by atoms with Gasteiger partial charge in [0.15, 0.2) is 10.7 Å². The van der Waals surface area contributed by atoms with Crippen LogP contribution in [0.4, 0.5) is 17.1 Å². The van der Waals surface area contributed by atoms with Gasteiger partial charge in [0, 0.05) is 41.5 Å². The number of thiocarbonyl (C=S) groups is 1. The molecule has 0 unspecified atom stereocenters. The number of hydrogen-bond donors (Lipinski definition) is 2. The third-order valence-electron chi connectivity index (χ3n) is 6.16. The molecular weight excluding hydrogens is 565 g/mol. The summed E-state index contributed by atoms with van der Waals surface area (Å²) >= 11 is 17.7. The summed E-state index contributed by atoms with van der Waals surface area (Å²) in [5.74, 6) is -0.240. The van der Waals surface area contributed by atoms with Gasteiger partial charge in [-0.05, 0) is 55.0 Å². The van der Waals surface area contributed by atoms with E-state index in [0.29, 0.717) is 70.3 Å². The monoisotopic (exact) mass is 585 g/mol. The first-order valence-electron chi connectivity index (χ1n) is 11.8. The normalized spacial score (nSPS) is 13.4. The van der Waals surface area contributed by atoms with Crippen molar-refractivity contribution < 1.29 is 18.9 Å². The summed E-state index contributed by atoms with van der Waals surface area (Å²) < 4.78 is 11.3. The van der Waals surface area contributed by atoms with Crippen LogP contribution >= 0.6 is 35.4 Å². The summed E-state index contributed by atoms with van der Waals surface area (Å²) in [5, 5.41) is 17.9. The summed E-state index contributed by atoms with van der Waals surface area (Å²) in [6, 6.07) is 12.9. The highest BCUT2D eigenvalue weighted by Gasteiger charge is 2.23. The molecule has 10 nitrogen and oxygen atoms in total. The Morgan fingerprint density at radius 2 is 1.90 bits per heavy atom. The predicted molar refractivity (Wildman–Crippen MR) is 154 cm³/mol. The summed E-state index contributed by atoms with van der Waals surface area (Å²) in [5.41, 5.74) is 3.55. The van der Waals surface area contributed by atoms with Gasteiger partial charge >= 0.3 is 0 Å². The molecule has 1 aliphatic heterocycles. The molecule has 1 saturated heterocycles. The molecule has 0 saturated carbocycles. The molecule has 4 aromatic rings. The van der Waals surface area contributed by atoms with Crippen molar-refractivity contribution in [1.82, 2.24) is 10.3 Å². The Morgan fingerprint density at radius 1 is 1.13 bits per heavy atom. The van der Waals surface area contributed by atoms with Gasteiger partial charge in [-0.3, -0.25) is 20.2 Å². The molecule has 200 valence electrons. The molecule has 3 aromatic carbocycles. The van der Waals surface area contributed by atoms with Crippen molar-refractivity contribution in [2.75, 3.05) is 36.5 Å². The molecule has 2 heterocycles. The van der Waals surface area contributed by atoms with Gasteiger partial charge in [-0.1, -0.05) is 29.3 Å². The molecule has 1 aromatic heterocycles. The Morgan fingerprint density at radius 3 is 2.64 bits per heavy atom. The molecule has 0 spiro atoms. The van der Waals surface area contributed by atoms with Crippen LogP contribution in [-0.2, 0) is 4.74 Å². The fraction of sp³-hybridized carbons (Fsp3) is 0.192. The molecule has 1 fully saturated rings. The van der Waals surface area contributed by atoms with E-state index in [4.69, 9.17) is 44.6 Å². The minimum atomic E-state index is -0.572. The largest absolute Gasteiger partial charge is 0.435 e. The second-order valence-electron chi connectivity index (χ2n) is 8.75. The van der Waals surface area contributed by atoms with E-state index in [-0.39, 0.29) is 16.4 Å². The van der Waals surface area contributed by atoms with E-state index in [9.17, 15) is 14.9 Å². The summed E-state index contributed by atoms with van der Waals surface area (Å²) in [4.78, 5) is 30.5. The Bertz CT molecular complexity index is 1620. The smallest absolute Gasteiger partial charge is 0.270 e. The number of fused-ring (bicyclic) bond motifs is 1. The fourth-order valence-electron chi connectivity index (χ4n) is 4.20. The Hall–Kier alpha value is -3.77. The molecule has 0 radical (unpaired) electrons. The van der Waals surface area contributed by atoms with E-state index in [1.54, 1.807) is 24.3 Å². The number of morpholine rings is 1. The lowest BCUT2D eigenvalue weighted by atomic mass is 10.1. The number of carbonyl (C=O) groups is 1. The Balaban J connectivity index is 1.37. The number of nitro groups is 1. The quantitative estimate of drug-likeness (QED) is 0.165. The highest BCUT2D eigenvalue weighted by molar-refractivity contribution is 7.80. The van der Waals surface area contributed by atoms with Crippen molar-refractivity contribution in [3.05, 3.63) is 79.8 Å². The molecule has 1 aliphatic rings. The maximum Gasteiger partial charge on any atom is 0.270 e. The minimum Gasteiger partial charge on any atom is -0.435 e. The van der Waals surface area contributed by atoms with Crippen LogP contribution in [0.5, 0.6) is 0 Å². The number of halogens is 2.